The lowest BCUT2D eigenvalue weighted by molar-refractivity contribution is 0.0946. The van der Waals surface area contributed by atoms with Gasteiger partial charge in [-0.3, -0.25) is 4.79 Å². The number of carbonyl (C=O) groups is 1. The lowest BCUT2D eigenvalue weighted by Crippen LogP contribution is -2.26. The molecule has 0 spiro atoms. The molecule has 0 saturated heterocycles. The number of ether oxygens (including phenoxy) is 2. The highest BCUT2D eigenvalue weighted by Gasteiger charge is 2.23. The van der Waals surface area contributed by atoms with Crippen molar-refractivity contribution < 1.29 is 14.3 Å². The Morgan fingerprint density at radius 2 is 1.82 bits per heavy atom. The second-order valence-electron chi connectivity index (χ2n) is 7.70. The van der Waals surface area contributed by atoms with Gasteiger partial charge in [0.1, 0.15) is 22.6 Å². The molecule has 4 rings (SSSR count). The van der Waals surface area contributed by atoms with E-state index >= 15 is 0 Å². The minimum Gasteiger partial charge on any atom is -0.497 e. The number of aromatic nitrogens is 3. The van der Waals surface area contributed by atoms with Crippen LogP contribution in [0.2, 0.25) is 0 Å². The van der Waals surface area contributed by atoms with Gasteiger partial charge in [-0.2, -0.15) is 0 Å². The summed E-state index contributed by atoms with van der Waals surface area (Å²) in [7, 11) is 1.65. The average molecular weight is 448 g/mol. The third-order valence-corrected chi connectivity index (χ3v) is 5.56. The molecule has 172 valence electrons. The number of carbonyl (C=O) groups excluding carboxylic acids is 1. The average Bonchev–Trinajstić information content (AvgIpc) is 3.11. The zero-order chi connectivity index (χ0) is 23.2. The molecule has 0 aliphatic carbocycles. The predicted octanol–water partition coefficient (Wildman–Crippen LogP) is 3.57. The monoisotopic (exact) mass is 447 g/mol. The Kier molecular flexibility index (Phi) is 7.04. The van der Waals surface area contributed by atoms with Crippen LogP contribution in [-0.4, -0.2) is 47.3 Å². The van der Waals surface area contributed by atoms with Crippen LogP contribution in [0.25, 0.3) is 22.2 Å². The Bertz CT molecular complexity index is 1250. The Morgan fingerprint density at radius 1 is 1.09 bits per heavy atom. The van der Waals surface area contributed by atoms with Gasteiger partial charge >= 0.3 is 0 Å². The number of fused-ring (bicyclic) bond motifs is 2. The van der Waals surface area contributed by atoms with Crippen LogP contribution in [-0.2, 0) is 17.7 Å². The molecule has 0 bridgehead atoms. The fourth-order valence-corrected chi connectivity index (χ4v) is 3.81. The van der Waals surface area contributed by atoms with Gasteiger partial charge in [0.05, 0.1) is 18.1 Å². The van der Waals surface area contributed by atoms with Gasteiger partial charge in [-0.1, -0.05) is 24.3 Å². The summed E-state index contributed by atoms with van der Waals surface area (Å²) in [6.45, 7) is 4.27. The first-order valence-electron chi connectivity index (χ1n) is 11.2. The molecule has 0 aliphatic heterocycles. The second-order valence-corrected chi connectivity index (χ2v) is 7.70. The van der Waals surface area contributed by atoms with Gasteiger partial charge in [-0.25, -0.2) is 9.97 Å². The standard InChI is InChI=1S/C25H29N5O3/c1-3-33-16-6-14-27-25(31)21-22-24(29-20-8-5-4-7-19(20)28-22)30(23(21)26)15-13-17-9-11-18(32-2)12-10-17/h4-5,7-12H,3,6,13-16,26H2,1-2H3,(H,27,31). The second kappa shape index (κ2) is 10.3. The van der Waals surface area contributed by atoms with E-state index in [1.165, 1.54) is 0 Å². The molecule has 2 aromatic carbocycles. The number of methoxy groups -OCH3 is 1. The Morgan fingerprint density at radius 3 is 2.52 bits per heavy atom. The van der Waals surface area contributed by atoms with Crippen molar-refractivity contribution in [2.24, 2.45) is 0 Å². The fourth-order valence-electron chi connectivity index (χ4n) is 3.81. The van der Waals surface area contributed by atoms with Crippen molar-refractivity contribution in [3.8, 4) is 5.75 Å². The van der Waals surface area contributed by atoms with Crippen molar-refractivity contribution in [2.75, 3.05) is 32.6 Å². The number of para-hydroxylation sites is 2. The molecule has 0 saturated carbocycles. The number of nitrogens with one attached hydrogen (secondary N) is 1. The first-order chi connectivity index (χ1) is 16.1. The number of hydrogen-bond acceptors (Lipinski definition) is 6. The molecule has 0 atom stereocenters. The van der Waals surface area contributed by atoms with Crippen molar-refractivity contribution >= 4 is 33.9 Å². The van der Waals surface area contributed by atoms with E-state index < -0.39 is 0 Å². The summed E-state index contributed by atoms with van der Waals surface area (Å²) in [6.07, 6.45) is 1.45. The highest BCUT2D eigenvalue weighted by Crippen LogP contribution is 2.28. The molecule has 2 heterocycles. The van der Waals surface area contributed by atoms with Crippen LogP contribution in [0.5, 0.6) is 5.75 Å². The van der Waals surface area contributed by atoms with Crippen LogP contribution in [0.3, 0.4) is 0 Å². The maximum Gasteiger partial charge on any atom is 0.257 e. The van der Waals surface area contributed by atoms with Crippen LogP contribution in [0.15, 0.2) is 48.5 Å². The Labute approximate surface area is 192 Å². The van der Waals surface area contributed by atoms with Crippen LogP contribution in [0.4, 0.5) is 5.82 Å². The summed E-state index contributed by atoms with van der Waals surface area (Å²) in [6, 6.07) is 15.5. The molecule has 0 radical (unpaired) electrons. The normalized spacial score (nSPS) is 11.2. The minimum absolute atomic E-state index is 0.248. The first-order valence-corrected chi connectivity index (χ1v) is 11.2. The third-order valence-electron chi connectivity index (χ3n) is 5.56. The summed E-state index contributed by atoms with van der Waals surface area (Å²) < 4.78 is 12.5. The summed E-state index contributed by atoms with van der Waals surface area (Å²) in [5.74, 6) is 0.934. The molecule has 8 nitrogen and oxygen atoms in total. The smallest absolute Gasteiger partial charge is 0.257 e. The Hall–Kier alpha value is -3.65. The number of nitrogen functional groups attached to an aromatic ring is 1. The topological polar surface area (TPSA) is 104 Å². The van der Waals surface area contributed by atoms with Gasteiger partial charge in [-0.05, 0) is 49.6 Å². The molecule has 0 unspecified atom stereocenters. The van der Waals surface area contributed by atoms with Gasteiger partial charge in [0, 0.05) is 26.3 Å². The SMILES string of the molecule is CCOCCCNC(=O)c1c(N)n(CCc2ccc(OC)cc2)c2nc3ccccc3nc12. The summed E-state index contributed by atoms with van der Waals surface area (Å²) in [4.78, 5) is 22.6. The zero-order valence-electron chi connectivity index (χ0n) is 19.0. The van der Waals surface area contributed by atoms with E-state index in [9.17, 15) is 4.79 Å². The summed E-state index contributed by atoms with van der Waals surface area (Å²) in [5, 5.41) is 2.94. The number of aryl methyl sites for hydroxylation is 2. The number of nitrogens with two attached hydrogens (primary N) is 1. The maximum atomic E-state index is 13.1. The molecule has 8 heteroatoms. The molecule has 3 N–H and O–H groups in total. The molecule has 1 amide bonds. The van der Waals surface area contributed by atoms with E-state index in [4.69, 9.17) is 25.2 Å². The van der Waals surface area contributed by atoms with E-state index in [1.807, 2.05) is 60.0 Å². The summed E-state index contributed by atoms with van der Waals surface area (Å²) in [5.41, 5.74) is 10.6. The molecule has 33 heavy (non-hydrogen) atoms. The molecule has 4 aromatic rings. The van der Waals surface area contributed by atoms with Crippen molar-refractivity contribution in [1.29, 1.82) is 0 Å². The summed E-state index contributed by atoms with van der Waals surface area (Å²) >= 11 is 0. The van der Waals surface area contributed by atoms with Crippen LogP contribution < -0.4 is 15.8 Å². The third kappa shape index (κ3) is 4.90. The van der Waals surface area contributed by atoms with Gasteiger partial charge in [0.25, 0.3) is 5.91 Å². The van der Waals surface area contributed by atoms with Gasteiger partial charge < -0.3 is 25.1 Å². The zero-order valence-corrected chi connectivity index (χ0v) is 19.0. The van der Waals surface area contributed by atoms with E-state index in [1.54, 1.807) is 7.11 Å². The number of hydrogen-bond donors (Lipinski definition) is 2. The van der Waals surface area contributed by atoms with Gasteiger partial charge in [-0.15, -0.1) is 0 Å². The van der Waals surface area contributed by atoms with Crippen LogP contribution in [0.1, 0.15) is 29.3 Å². The largest absolute Gasteiger partial charge is 0.497 e. The van der Waals surface area contributed by atoms with Crippen LogP contribution in [0, 0.1) is 0 Å². The number of nitrogens with zero attached hydrogens (tertiary/aromatic N) is 3. The fraction of sp³-hybridized carbons (Fsp3) is 0.320. The first kappa shape index (κ1) is 22.5. The molecular formula is C25H29N5O3. The van der Waals surface area contributed by atoms with Crippen molar-refractivity contribution in [3.63, 3.8) is 0 Å². The maximum absolute atomic E-state index is 13.1. The predicted molar refractivity (Wildman–Crippen MR) is 130 cm³/mol. The van der Waals surface area contributed by atoms with Crippen LogP contribution >= 0.6 is 0 Å². The minimum atomic E-state index is -0.248. The molecule has 2 aromatic heterocycles. The van der Waals surface area contributed by atoms with Crippen molar-refractivity contribution in [3.05, 3.63) is 59.7 Å². The number of anilines is 1. The number of benzene rings is 2. The van der Waals surface area contributed by atoms with Crippen molar-refractivity contribution in [1.82, 2.24) is 19.9 Å². The lowest BCUT2D eigenvalue weighted by atomic mass is 10.1. The highest BCUT2D eigenvalue weighted by molar-refractivity contribution is 6.10. The van der Waals surface area contributed by atoms with Gasteiger partial charge in [0.15, 0.2) is 5.65 Å². The van der Waals surface area contributed by atoms with Gasteiger partial charge in [0.2, 0.25) is 0 Å². The quantitative estimate of drug-likeness (QED) is 0.360. The van der Waals surface area contributed by atoms with E-state index in [0.717, 1.165) is 35.2 Å². The van der Waals surface area contributed by atoms with E-state index in [-0.39, 0.29) is 5.91 Å². The molecule has 0 fully saturated rings. The van der Waals surface area contributed by atoms with Crippen molar-refractivity contribution in [2.45, 2.75) is 26.3 Å². The highest BCUT2D eigenvalue weighted by atomic mass is 16.5. The molecule has 0 aliphatic rings. The number of rotatable bonds is 10. The Balaban J connectivity index is 1.66. The number of amides is 1. The molecular weight excluding hydrogens is 418 g/mol. The van der Waals surface area contributed by atoms with E-state index in [2.05, 4.69) is 5.32 Å². The van der Waals surface area contributed by atoms with E-state index in [0.29, 0.717) is 48.8 Å². The lowest BCUT2D eigenvalue weighted by Gasteiger charge is -2.09.